The first-order valence-electron chi connectivity index (χ1n) is 10.1. The number of nitrogen functional groups attached to an aromatic ring is 1. The molecule has 0 bridgehead atoms. The molecule has 6 nitrogen and oxygen atoms in total. The number of hydrogen-bond acceptors (Lipinski definition) is 5. The molecule has 0 saturated carbocycles. The number of carbonyl (C=O) groups is 1. The average Bonchev–Trinajstić information content (AvgIpc) is 3.20. The molecule has 0 aliphatic carbocycles. The highest BCUT2D eigenvalue weighted by Gasteiger charge is 2.29. The zero-order valence-electron chi connectivity index (χ0n) is 17.4. The van der Waals surface area contributed by atoms with Gasteiger partial charge in [0.2, 0.25) is 5.91 Å². The first-order chi connectivity index (χ1) is 14.8. The summed E-state index contributed by atoms with van der Waals surface area (Å²) in [7, 11) is 0. The minimum absolute atomic E-state index is 0.0109. The fraction of sp³-hybridized carbons (Fsp3) is 0.304. The molecule has 0 radical (unpaired) electrons. The van der Waals surface area contributed by atoms with E-state index in [0.29, 0.717) is 30.2 Å². The normalized spacial score (nSPS) is 16.0. The molecule has 3 heterocycles. The van der Waals surface area contributed by atoms with Gasteiger partial charge in [-0.05, 0) is 50.6 Å². The van der Waals surface area contributed by atoms with Gasteiger partial charge in [-0.15, -0.1) is 0 Å². The van der Waals surface area contributed by atoms with Crippen molar-refractivity contribution in [2.45, 2.75) is 32.6 Å². The number of pyridine rings is 1. The number of likely N-dealkylation sites (tertiary alicyclic amines) is 1. The topological polar surface area (TPSA) is 85.0 Å². The summed E-state index contributed by atoms with van der Waals surface area (Å²) >= 11 is 0. The standard InChI is InChI=1S/C23H23F2N5O/c1-13-9-21(28-14(2)27-13)15-7-8-30(12-15)23(31)11-22-19(26)5-6-20(29-22)17-4-3-16(24)10-18(17)25/h3-6,9-10,15H,7-8,11-12,26H2,1-2H3. The Hall–Kier alpha value is -3.42. The fourth-order valence-electron chi connectivity index (χ4n) is 3.94. The summed E-state index contributed by atoms with van der Waals surface area (Å²) in [6.07, 6.45) is 0.836. The number of carbonyl (C=O) groups excluding carboxylic acids is 1. The largest absolute Gasteiger partial charge is 0.397 e. The predicted molar refractivity (Wildman–Crippen MR) is 113 cm³/mol. The summed E-state index contributed by atoms with van der Waals surface area (Å²) in [6.45, 7) is 4.99. The number of halogens is 2. The van der Waals surface area contributed by atoms with Crippen LogP contribution in [0.15, 0.2) is 36.4 Å². The number of nitrogens with two attached hydrogens (primary N) is 1. The number of amides is 1. The van der Waals surface area contributed by atoms with E-state index in [1.807, 2.05) is 19.9 Å². The number of aryl methyl sites for hydroxylation is 2. The first kappa shape index (κ1) is 20.8. The lowest BCUT2D eigenvalue weighted by molar-refractivity contribution is -0.129. The van der Waals surface area contributed by atoms with Crippen molar-refractivity contribution in [2.75, 3.05) is 18.8 Å². The highest BCUT2D eigenvalue weighted by atomic mass is 19.1. The molecule has 1 amide bonds. The van der Waals surface area contributed by atoms with Gasteiger partial charge in [-0.25, -0.2) is 18.7 Å². The van der Waals surface area contributed by atoms with Gasteiger partial charge in [0.05, 0.1) is 23.5 Å². The van der Waals surface area contributed by atoms with E-state index < -0.39 is 11.6 Å². The lowest BCUT2D eigenvalue weighted by Crippen LogP contribution is -2.30. The Kier molecular flexibility index (Phi) is 5.63. The number of hydrogen-bond donors (Lipinski definition) is 1. The zero-order valence-corrected chi connectivity index (χ0v) is 17.4. The molecule has 1 atom stereocenters. The summed E-state index contributed by atoms with van der Waals surface area (Å²) in [5.41, 5.74) is 9.09. The third-order valence-electron chi connectivity index (χ3n) is 5.48. The van der Waals surface area contributed by atoms with E-state index in [1.165, 1.54) is 12.1 Å². The Balaban J connectivity index is 1.50. The van der Waals surface area contributed by atoms with E-state index >= 15 is 0 Å². The van der Waals surface area contributed by atoms with Crippen LogP contribution in [-0.2, 0) is 11.2 Å². The highest BCUT2D eigenvalue weighted by molar-refractivity contribution is 5.80. The summed E-state index contributed by atoms with van der Waals surface area (Å²) in [5.74, 6) is -0.589. The van der Waals surface area contributed by atoms with Crippen molar-refractivity contribution in [1.82, 2.24) is 19.9 Å². The Morgan fingerprint density at radius 2 is 1.94 bits per heavy atom. The molecular formula is C23H23F2N5O. The average molecular weight is 423 g/mol. The number of nitrogens with zero attached hydrogens (tertiary/aromatic N) is 4. The van der Waals surface area contributed by atoms with E-state index in [9.17, 15) is 13.6 Å². The van der Waals surface area contributed by atoms with Crippen LogP contribution in [-0.4, -0.2) is 38.8 Å². The molecule has 1 fully saturated rings. The second-order valence-electron chi connectivity index (χ2n) is 7.84. The quantitative estimate of drug-likeness (QED) is 0.693. The smallest absolute Gasteiger partial charge is 0.228 e. The minimum Gasteiger partial charge on any atom is -0.397 e. The van der Waals surface area contributed by atoms with E-state index in [4.69, 9.17) is 5.73 Å². The van der Waals surface area contributed by atoms with Gasteiger partial charge in [0.1, 0.15) is 17.5 Å². The summed E-state index contributed by atoms with van der Waals surface area (Å²) in [4.78, 5) is 27.9. The number of anilines is 1. The van der Waals surface area contributed by atoms with Crippen LogP contribution in [0.4, 0.5) is 14.5 Å². The molecule has 2 aromatic heterocycles. The zero-order chi connectivity index (χ0) is 22.1. The molecule has 1 aliphatic rings. The van der Waals surface area contributed by atoms with Gasteiger partial charge in [-0.3, -0.25) is 9.78 Å². The van der Waals surface area contributed by atoms with Crippen molar-refractivity contribution in [3.05, 3.63) is 70.9 Å². The molecule has 2 N–H and O–H groups in total. The molecule has 1 unspecified atom stereocenters. The third kappa shape index (κ3) is 4.52. The van der Waals surface area contributed by atoms with Gasteiger partial charge in [0, 0.05) is 42.0 Å². The second kappa shape index (κ2) is 8.37. The maximum absolute atomic E-state index is 14.1. The minimum atomic E-state index is -0.715. The van der Waals surface area contributed by atoms with E-state index in [1.54, 1.807) is 17.0 Å². The van der Waals surface area contributed by atoms with Crippen molar-refractivity contribution >= 4 is 11.6 Å². The van der Waals surface area contributed by atoms with Crippen LogP contribution in [0, 0.1) is 25.5 Å². The molecule has 4 rings (SSSR count). The van der Waals surface area contributed by atoms with Crippen molar-refractivity contribution in [3.8, 4) is 11.3 Å². The van der Waals surface area contributed by atoms with Gasteiger partial charge < -0.3 is 10.6 Å². The molecule has 1 aromatic carbocycles. The van der Waals surface area contributed by atoms with Crippen LogP contribution in [0.25, 0.3) is 11.3 Å². The van der Waals surface area contributed by atoms with E-state index in [0.717, 1.165) is 29.7 Å². The number of rotatable bonds is 4. The van der Waals surface area contributed by atoms with E-state index in [2.05, 4.69) is 15.0 Å². The Bertz CT molecular complexity index is 1130. The lowest BCUT2D eigenvalue weighted by atomic mass is 10.0. The second-order valence-corrected chi connectivity index (χ2v) is 7.84. The summed E-state index contributed by atoms with van der Waals surface area (Å²) < 4.78 is 27.4. The van der Waals surface area contributed by atoms with Crippen LogP contribution in [0.5, 0.6) is 0 Å². The molecule has 1 aliphatic heterocycles. The molecule has 160 valence electrons. The van der Waals surface area contributed by atoms with E-state index in [-0.39, 0.29) is 23.8 Å². The molecule has 31 heavy (non-hydrogen) atoms. The molecule has 1 saturated heterocycles. The number of benzene rings is 1. The van der Waals surface area contributed by atoms with Gasteiger partial charge >= 0.3 is 0 Å². The molecule has 8 heteroatoms. The van der Waals surface area contributed by atoms with Gasteiger partial charge in [-0.1, -0.05) is 0 Å². The summed E-state index contributed by atoms with van der Waals surface area (Å²) in [6, 6.07) is 8.41. The van der Waals surface area contributed by atoms with Crippen LogP contribution in [0.2, 0.25) is 0 Å². The van der Waals surface area contributed by atoms with Crippen LogP contribution in [0.1, 0.15) is 35.2 Å². The van der Waals surface area contributed by atoms with Crippen LogP contribution < -0.4 is 5.73 Å². The monoisotopic (exact) mass is 423 g/mol. The first-order valence-corrected chi connectivity index (χ1v) is 10.1. The number of aromatic nitrogens is 3. The van der Waals surface area contributed by atoms with Crippen LogP contribution in [0.3, 0.4) is 0 Å². The SMILES string of the molecule is Cc1cc(C2CCN(C(=O)Cc3nc(-c4ccc(F)cc4F)ccc3N)C2)nc(C)n1. The molecular weight excluding hydrogens is 400 g/mol. The maximum atomic E-state index is 14.1. The Labute approximate surface area is 179 Å². The van der Waals surface area contributed by atoms with Gasteiger partial charge in [0.25, 0.3) is 0 Å². The Morgan fingerprint density at radius 1 is 1.13 bits per heavy atom. The fourth-order valence-corrected chi connectivity index (χ4v) is 3.94. The van der Waals surface area contributed by atoms with Crippen LogP contribution >= 0.6 is 0 Å². The molecule has 0 spiro atoms. The summed E-state index contributed by atoms with van der Waals surface area (Å²) in [5, 5.41) is 0. The van der Waals surface area contributed by atoms with Crippen molar-refractivity contribution < 1.29 is 13.6 Å². The van der Waals surface area contributed by atoms with Gasteiger partial charge in [-0.2, -0.15) is 0 Å². The maximum Gasteiger partial charge on any atom is 0.228 e. The van der Waals surface area contributed by atoms with Crippen molar-refractivity contribution in [3.63, 3.8) is 0 Å². The lowest BCUT2D eigenvalue weighted by Gasteiger charge is -2.17. The van der Waals surface area contributed by atoms with Crippen molar-refractivity contribution in [2.24, 2.45) is 0 Å². The van der Waals surface area contributed by atoms with Gasteiger partial charge in [0.15, 0.2) is 0 Å². The van der Waals surface area contributed by atoms with Crippen molar-refractivity contribution in [1.29, 1.82) is 0 Å². The Morgan fingerprint density at radius 3 is 2.68 bits per heavy atom. The third-order valence-corrected chi connectivity index (χ3v) is 5.48. The highest BCUT2D eigenvalue weighted by Crippen LogP contribution is 2.28. The molecule has 3 aromatic rings. The predicted octanol–water partition coefficient (Wildman–Crippen LogP) is 3.57.